The zero-order chi connectivity index (χ0) is 10.9. The predicted octanol–water partition coefficient (Wildman–Crippen LogP) is -0.582. The van der Waals surface area contributed by atoms with Gasteiger partial charge in [0.2, 0.25) is 0 Å². The Morgan fingerprint density at radius 1 is 1.64 bits per heavy atom. The molecule has 1 fully saturated rings. The van der Waals surface area contributed by atoms with E-state index in [4.69, 9.17) is 0 Å². The summed E-state index contributed by atoms with van der Waals surface area (Å²) in [6.45, 7) is 0. The summed E-state index contributed by atoms with van der Waals surface area (Å²) in [6.07, 6.45) is -1.57. The van der Waals surface area contributed by atoms with Gasteiger partial charge in [0.05, 0.1) is 11.0 Å². The van der Waals surface area contributed by atoms with Gasteiger partial charge in [-0.2, -0.15) is 0 Å². The number of ketones is 1. The van der Waals surface area contributed by atoms with E-state index < -0.39 is 21.6 Å². The van der Waals surface area contributed by atoms with E-state index in [0.717, 1.165) is 7.11 Å². The zero-order valence-corrected chi connectivity index (χ0v) is 9.72. The average molecular weight is 314 g/mol. The number of esters is 1. The number of carbonyl (C=O) groups excluding carboxylic acids is 2. The third-order valence-corrected chi connectivity index (χ3v) is 3.30. The molecule has 2 N–H and O–H groups in total. The van der Waals surface area contributed by atoms with Gasteiger partial charge < -0.3 is 14.9 Å². The number of ether oxygens (including phenoxy) is 1. The first kappa shape index (κ1) is 11.9. The number of aliphatic hydroxyl groups excluding tert-OH is 1. The summed E-state index contributed by atoms with van der Waals surface area (Å²) in [7, 11) is 1.16. The van der Waals surface area contributed by atoms with Gasteiger partial charge in [-0.15, -0.1) is 0 Å². The molecule has 0 unspecified atom stereocenters. The topological polar surface area (TPSA) is 83.8 Å². The van der Waals surface area contributed by atoms with Crippen molar-refractivity contribution in [1.29, 1.82) is 0 Å². The smallest absolute Gasteiger partial charge is 0.338 e. The lowest BCUT2D eigenvalue weighted by molar-refractivity contribution is -0.170. The summed E-state index contributed by atoms with van der Waals surface area (Å²) < 4.78 is 3.85. The molecule has 14 heavy (non-hydrogen) atoms. The highest BCUT2D eigenvalue weighted by atomic mass is 127. The van der Waals surface area contributed by atoms with Gasteiger partial charge in [0.1, 0.15) is 6.10 Å². The fraction of sp³-hybridized carbons (Fsp3) is 0.750. The first-order valence-corrected chi connectivity index (χ1v) is 5.32. The van der Waals surface area contributed by atoms with Crippen molar-refractivity contribution in [3.8, 4) is 0 Å². The molecule has 5 nitrogen and oxygen atoms in total. The van der Waals surface area contributed by atoms with E-state index in [1.54, 1.807) is 22.6 Å². The minimum absolute atomic E-state index is 0.00384. The number of hydrogen-bond donors (Lipinski definition) is 2. The number of hydrogen-bond acceptors (Lipinski definition) is 5. The molecule has 0 radical (unpaired) electrons. The second-order valence-electron chi connectivity index (χ2n) is 3.32. The molecule has 80 valence electrons. The van der Waals surface area contributed by atoms with Crippen molar-refractivity contribution >= 4 is 34.3 Å². The van der Waals surface area contributed by atoms with Gasteiger partial charge in [0, 0.05) is 12.8 Å². The summed E-state index contributed by atoms with van der Waals surface area (Å²) in [5, 5.41) is 19.1. The van der Waals surface area contributed by atoms with E-state index in [2.05, 4.69) is 4.74 Å². The van der Waals surface area contributed by atoms with Gasteiger partial charge in [-0.3, -0.25) is 4.79 Å². The fourth-order valence-corrected chi connectivity index (χ4v) is 2.61. The lowest BCUT2D eigenvalue weighted by atomic mass is 9.82. The van der Waals surface area contributed by atoms with Crippen LogP contribution in [0.1, 0.15) is 12.8 Å². The second kappa shape index (κ2) is 4.11. The van der Waals surface area contributed by atoms with Crippen molar-refractivity contribution in [1.82, 2.24) is 0 Å². The van der Waals surface area contributed by atoms with Crippen LogP contribution in [0.15, 0.2) is 0 Å². The Morgan fingerprint density at radius 2 is 2.21 bits per heavy atom. The minimum Gasteiger partial charge on any atom is -0.467 e. The Balaban J connectivity index is 2.84. The Morgan fingerprint density at radius 3 is 2.64 bits per heavy atom. The van der Waals surface area contributed by atoms with Crippen molar-refractivity contribution in [2.75, 3.05) is 7.11 Å². The molecule has 0 aromatic heterocycles. The van der Waals surface area contributed by atoms with E-state index in [1.165, 1.54) is 0 Å². The number of alkyl halides is 1. The van der Waals surface area contributed by atoms with Gasteiger partial charge in [-0.25, -0.2) is 4.79 Å². The number of carbonyl (C=O) groups is 2. The highest BCUT2D eigenvalue weighted by Crippen LogP contribution is 2.31. The molecule has 0 heterocycles. The number of rotatable bonds is 1. The van der Waals surface area contributed by atoms with Crippen LogP contribution in [-0.4, -0.2) is 44.7 Å². The summed E-state index contributed by atoms with van der Waals surface area (Å²) in [4.78, 5) is 22.4. The monoisotopic (exact) mass is 314 g/mol. The van der Waals surface area contributed by atoms with E-state index in [9.17, 15) is 19.8 Å². The molecule has 1 aliphatic carbocycles. The molecule has 6 heteroatoms. The van der Waals surface area contributed by atoms with Crippen molar-refractivity contribution in [3.05, 3.63) is 0 Å². The lowest BCUT2D eigenvalue weighted by Crippen LogP contribution is -2.52. The normalized spacial score (nSPS) is 38.1. The molecule has 1 rings (SSSR count). The van der Waals surface area contributed by atoms with Crippen LogP contribution in [0.2, 0.25) is 0 Å². The minimum atomic E-state index is -1.73. The molecular formula is C8H11IO5. The Kier molecular flexibility index (Phi) is 3.49. The molecule has 1 aliphatic rings. The molecule has 0 amide bonds. The quantitative estimate of drug-likeness (QED) is 0.384. The van der Waals surface area contributed by atoms with Crippen molar-refractivity contribution in [2.45, 2.75) is 28.5 Å². The molecule has 1 saturated carbocycles. The van der Waals surface area contributed by atoms with Crippen LogP contribution >= 0.6 is 22.6 Å². The third-order valence-electron chi connectivity index (χ3n) is 2.25. The van der Waals surface area contributed by atoms with Crippen LogP contribution in [0.4, 0.5) is 0 Å². The van der Waals surface area contributed by atoms with Crippen molar-refractivity contribution in [2.24, 2.45) is 0 Å². The van der Waals surface area contributed by atoms with Crippen LogP contribution < -0.4 is 0 Å². The Hall–Kier alpha value is -0.210. The number of aliphatic hydroxyl groups is 2. The summed E-state index contributed by atoms with van der Waals surface area (Å²) in [5.74, 6) is -1.15. The first-order chi connectivity index (χ1) is 6.40. The number of halogens is 1. The Labute approximate surface area is 94.6 Å². The summed E-state index contributed by atoms with van der Waals surface area (Å²) in [5.41, 5.74) is -1.73. The van der Waals surface area contributed by atoms with Crippen LogP contribution in [-0.2, 0) is 14.3 Å². The van der Waals surface area contributed by atoms with Crippen LogP contribution in [0.5, 0.6) is 0 Å². The zero-order valence-electron chi connectivity index (χ0n) is 7.57. The lowest BCUT2D eigenvalue weighted by Gasteiger charge is -2.33. The molecule has 0 aromatic rings. The molecule has 0 aromatic carbocycles. The van der Waals surface area contributed by atoms with E-state index >= 15 is 0 Å². The van der Waals surface area contributed by atoms with Crippen LogP contribution in [0, 0.1) is 0 Å². The Bertz CT molecular complexity index is 250. The summed E-state index contributed by atoms with van der Waals surface area (Å²) >= 11 is 1.80. The maximum Gasteiger partial charge on any atom is 0.338 e. The van der Waals surface area contributed by atoms with E-state index in [0.29, 0.717) is 0 Å². The predicted molar refractivity (Wildman–Crippen MR) is 55.0 cm³/mol. The van der Waals surface area contributed by atoms with Crippen molar-refractivity contribution < 1.29 is 24.5 Å². The number of Topliss-reactive ketones (excluding diaryl/α,β-unsaturated/α-hetero) is 1. The highest BCUT2D eigenvalue weighted by molar-refractivity contribution is 14.1. The van der Waals surface area contributed by atoms with Gasteiger partial charge in [-0.05, 0) is 0 Å². The standard InChI is InChI=1S/C8H11IO5/c1-14-7(12)8(13)2-4(9)6(11)5(10)3-8/h4-5,10,13H,2-3H2,1H3/t4-,5-,8-/m1/s1. The first-order valence-electron chi connectivity index (χ1n) is 4.07. The van der Waals surface area contributed by atoms with Crippen LogP contribution in [0.25, 0.3) is 0 Å². The molecule has 0 saturated heterocycles. The van der Waals surface area contributed by atoms with E-state index in [1.807, 2.05) is 0 Å². The second-order valence-corrected chi connectivity index (χ2v) is 4.82. The summed E-state index contributed by atoms with van der Waals surface area (Å²) in [6, 6.07) is 0. The maximum absolute atomic E-state index is 11.2. The van der Waals surface area contributed by atoms with Crippen molar-refractivity contribution in [3.63, 3.8) is 0 Å². The molecular weight excluding hydrogens is 303 g/mol. The molecule has 0 bridgehead atoms. The fourth-order valence-electron chi connectivity index (χ4n) is 1.47. The van der Waals surface area contributed by atoms with Gasteiger partial charge in [-0.1, -0.05) is 22.6 Å². The average Bonchev–Trinajstić information content (AvgIpc) is 2.12. The SMILES string of the molecule is COC(=O)[C@]1(O)C[C@@H](O)C(=O)[C@H](I)C1. The molecule has 0 spiro atoms. The molecule has 0 aliphatic heterocycles. The number of methoxy groups -OCH3 is 1. The van der Waals surface area contributed by atoms with E-state index in [-0.39, 0.29) is 18.6 Å². The third kappa shape index (κ3) is 2.06. The maximum atomic E-state index is 11.2. The highest BCUT2D eigenvalue weighted by Gasteiger charge is 2.48. The van der Waals surface area contributed by atoms with Crippen LogP contribution in [0.3, 0.4) is 0 Å². The largest absolute Gasteiger partial charge is 0.467 e. The molecule has 3 atom stereocenters. The van der Waals surface area contributed by atoms with Gasteiger partial charge >= 0.3 is 5.97 Å². The van der Waals surface area contributed by atoms with Gasteiger partial charge in [0.25, 0.3) is 0 Å². The van der Waals surface area contributed by atoms with Gasteiger partial charge in [0.15, 0.2) is 11.4 Å².